The second kappa shape index (κ2) is 7.19. The van der Waals surface area contributed by atoms with Gasteiger partial charge in [-0.25, -0.2) is 9.48 Å². The highest BCUT2D eigenvalue weighted by molar-refractivity contribution is 9.10. The van der Waals surface area contributed by atoms with E-state index in [1.165, 1.54) is 4.68 Å². The van der Waals surface area contributed by atoms with E-state index in [0.717, 1.165) is 10.0 Å². The third kappa shape index (κ3) is 3.64. The van der Waals surface area contributed by atoms with Gasteiger partial charge >= 0.3 is 5.97 Å². The van der Waals surface area contributed by atoms with Crippen LogP contribution in [-0.4, -0.2) is 15.7 Å². The number of benzene rings is 2. The lowest BCUT2D eigenvalue weighted by molar-refractivity contribution is 0.0465. The fourth-order valence-corrected chi connectivity index (χ4v) is 3.00. The molecule has 2 aromatic carbocycles. The van der Waals surface area contributed by atoms with Crippen molar-refractivity contribution in [3.63, 3.8) is 0 Å². The molecule has 0 aliphatic heterocycles. The van der Waals surface area contributed by atoms with Crippen LogP contribution >= 0.6 is 15.9 Å². The molecule has 1 aromatic heterocycles. The van der Waals surface area contributed by atoms with Crippen molar-refractivity contribution in [3.8, 4) is 0 Å². The molecule has 0 fully saturated rings. The zero-order chi connectivity index (χ0) is 18.0. The quantitative estimate of drug-likeness (QED) is 0.618. The van der Waals surface area contributed by atoms with Crippen molar-refractivity contribution in [1.29, 1.82) is 0 Å². The molecule has 0 atom stereocenters. The number of aromatic nitrogens is 2. The number of esters is 1. The number of hydrogen-bond acceptors (Lipinski definition) is 4. The average Bonchev–Trinajstić information content (AvgIpc) is 2.60. The molecule has 0 radical (unpaired) electrons. The van der Waals surface area contributed by atoms with Crippen LogP contribution in [0.4, 0.5) is 0 Å². The molecule has 6 heteroatoms. The van der Waals surface area contributed by atoms with Crippen molar-refractivity contribution < 1.29 is 9.53 Å². The first-order valence-corrected chi connectivity index (χ1v) is 8.70. The van der Waals surface area contributed by atoms with Crippen LogP contribution in [0.15, 0.2) is 57.8 Å². The Bertz CT molecular complexity index is 995. The number of rotatable bonds is 4. The molecule has 0 aliphatic rings. The second-order valence-electron chi connectivity index (χ2n) is 5.94. The summed E-state index contributed by atoms with van der Waals surface area (Å²) >= 11 is 3.39. The Balaban J connectivity index is 1.98. The molecule has 0 spiro atoms. The third-order valence-electron chi connectivity index (χ3n) is 3.77. The molecule has 128 valence electrons. The maximum absolute atomic E-state index is 12.6. The summed E-state index contributed by atoms with van der Waals surface area (Å²) in [5, 5.41) is 5.21. The summed E-state index contributed by atoms with van der Waals surface area (Å²) in [6, 6.07) is 14.3. The summed E-state index contributed by atoms with van der Waals surface area (Å²) in [6.07, 6.45) is 0. The fraction of sp³-hybridized carbons (Fsp3) is 0.211. The number of fused-ring (bicyclic) bond motifs is 1. The Morgan fingerprint density at radius 3 is 2.56 bits per heavy atom. The predicted molar refractivity (Wildman–Crippen MR) is 99.6 cm³/mol. The molecule has 1 heterocycles. The van der Waals surface area contributed by atoms with Gasteiger partial charge in [-0.15, -0.1) is 0 Å². The SMILES string of the molecule is CC(C)n1nc(C(=O)OCc2cccc(Br)c2)c2ccccc2c1=O. The standard InChI is InChI=1S/C19H17BrN2O3/c1-12(2)22-18(23)16-9-4-3-8-15(16)17(21-22)19(24)25-11-13-6-5-7-14(20)10-13/h3-10,12H,11H2,1-2H3. The van der Waals surface area contributed by atoms with Crippen LogP contribution in [0.2, 0.25) is 0 Å². The van der Waals surface area contributed by atoms with Gasteiger partial charge < -0.3 is 4.74 Å². The van der Waals surface area contributed by atoms with Gasteiger partial charge in [0, 0.05) is 9.86 Å². The van der Waals surface area contributed by atoms with Gasteiger partial charge in [0.1, 0.15) is 6.61 Å². The number of halogens is 1. The minimum absolute atomic E-state index is 0.134. The molecular formula is C19H17BrN2O3. The predicted octanol–water partition coefficient (Wildman–Crippen LogP) is 4.10. The topological polar surface area (TPSA) is 61.2 Å². The summed E-state index contributed by atoms with van der Waals surface area (Å²) in [5.41, 5.74) is 0.803. The number of ether oxygens (including phenoxy) is 1. The Kier molecular flexibility index (Phi) is 4.99. The van der Waals surface area contributed by atoms with Crippen molar-refractivity contribution in [2.75, 3.05) is 0 Å². The van der Waals surface area contributed by atoms with Crippen molar-refractivity contribution in [2.45, 2.75) is 26.5 Å². The van der Waals surface area contributed by atoms with Crippen LogP contribution in [0.3, 0.4) is 0 Å². The Morgan fingerprint density at radius 1 is 1.16 bits per heavy atom. The average molecular weight is 401 g/mol. The number of carbonyl (C=O) groups is 1. The van der Waals surface area contributed by atoms with Gasteiger partial charge in [0.25, 0.3) is 5.56 Å². The maximum atomic E-state index is 12.6. The van der Waals surface area contributed by atoms with E-state index in [4.69, 9.17) is 4.74 Å². The van der Waals surface area contributed by atoms with E-state index >= 15 is 0 Å². The third-order valence-corrected chi connectivity index (χ3v) is 4.26. The molecule has 3 aromatic rings. The summed E-state index contributed by atoms with van der Waals surface area (Å²) in [5.74, 6) is -0.550. The van der Waals surface area contributed by atoms with Gasteiger partial charge in [-0.05, 0) is 37.6 Å². The Labute approximate surface area is 153 Å². The lowest BCUT2D eigenvalue weighted by atomic mass is 10.1. The summed E-state index contributed by atoms with van der Waals surface area (Å²) < 4.78 is 7.65. The largest absolute Gasteiger partial charge is 0.456 e. The fourth-order valence-electron chi connectivity index (χ4n) is 2.55. The lowest BCUT2D eigenvalue weighted by Gasteiger charge is -2.13. The van der Waals surface area contributed by atoms with Crippen molar-refractivity contribution in [2.24, 2.45) is 0 Å². The number of nitrogens with zero attached hydrogens (tertiary/aromatic N) is 2. The van der Waals surface area contributed by atoms with Crippen molar-refractivity contribution in [1.82, 2.24) is 9.78 Å². The second-order valence-corrected chi connectivity index (χ2v) is 6.86. The molecule has 0 bridgehead atoms. The lowest BCUT2D eigenvalue weighted by Crippen LogP contribution is -2.27. The van der Waals surface area contributed by atoms with E-state index in [2.05, 4.69) is 21.0 Å². The minimum atomic E-state index is -0.550. The van der Waals surface area contributed by atoms with E-state index in [1.807, 2.05) is 38.1 Å². The zero-order valence-electron chi connectivity index (χ0n) is 13.9. The van der Waals surface area contributed by atoms with E-state index in [1.54, 1.807) is 24.3 Å². The summed E-state index contributed by atoms with van der Waals surface area (Å²) in [4.78, 5) is 25.1. The molecule has 0 N–H and O–H groups in total. The van der Waals surface area contributed by atoms with Crippen LogP contribution in [0, 0.1) is 0 Å². The molecule has 0 amide bonds. The molecule has 0 unspecified atom stereocenters. The van der Waals surface area contributed by atoms with Crippen molar-refractivity contribution >= 4 is 32.7 Å². The first kappa shape index (κ1) is 17.4. The van der Waals surface area contributed by atoms with Crippen molar-refractivity contribution in [3.05, 3.63) is 74.6 Å². The van der Waals surface area contributed by atoms with E-state index in [9.17, 15) is 9.59 Å². The van der Waals surface area contributed by atoms with Gasteiger partial charge in [0.15, 0.2) is 5.69 Å². The summed E-state index contributed by atoms with van der Waals surface area (Å²) in [7, 11) is 0. The van der Waals surface area contributed by atoms with E-state index < -0.39 is 5.97 Å². The van der Waals surface area contributed by atoms with Gasteiger partial charge in [-0.2, -0.15) is 5.10 Å². The highest BCUT2D eigenvalue weighted by atomic mass is 79.9. The smallest absolute Gasteiger partial charge is 0.359 e. The molecule has 0 saturated heterocycles. The van der Waals surface area contributed by atoms with Crippen LogP contribution in [0.5, 0.6) is 0 Å². The molecule has 0 saturated carbocycles. The Morgan fingerprint density at radius 2 is 1.88 bits per heavy atom. The molecule has 3 rings (SSSR count). The van der Waals surface area contributed by atoms with E-state index in [0.29, 0.717) is 10.8 Å². The molecular weight excluding hydrogens is 384 g/mol. The number of carbonyl (C=O) groups excluding carboxylic acids is 1. The normalized spacial score (nSPS) is 11.0. The Hall–Kier alpha value is -2.47. The van der Waals surface area contributed by atoms with Gasteiger partial charge in [-0.3, -0.25) is 4.79 Å². The highest BCUT2D eigenvalue weighted by Crippen LogP contribution is 2.17. The van der Waals surface area contributed by atoms with Crippen LogP contribution < -0.4 is 5.56 Å². The molecule has 5 nitrogen and oxygen atoms in total. The number of hydrogen-bond donors (Lipinski definition) is 0. The van der Waals surface area contributed by atoms with Gasteiger partial charge in [0.2, 0.25) is 0 Å². The highest BCUT2D eigenvalue weighted by Gasteiger charge is 2.19. The van der Waals surface area contributed by atoms with Gasteiger partial charge in [-0.1, -0.05) is 46.3 Å². The van der Waals surface area contributed by atoms with Crippen LogP contribution in [-0.2, 0) is 11.3 Å². The minimum Gasteiger partial charge on any atom is -0.456 e. The van der Waals surface area contributed by atoms with Crippen LogP contribution in [0.25, 0.3) is 10.8 Å². The summed E-state index contributed by atoms with van der Waals surface area (Å²) in [6.45, 7) is 3.83. The van der Waals surface area contributed by atoms with Crippen LogP contribution in [0.1, 0.15) is 35.9 Å². The first-order valence-electron chi connectivity index (χ1n) is 7.90. The zero-order valence-corrected chi connectivity index (χ0v) is 15.5. The molecule has 0 aliphatic carbocycles. The van der Waals surface area contributed by atoms with E-state index in [-0.39, 0.29) is 23.9 Å². The first-order chi connectivity index (χ1) is 12.0. The maximum Gasteiger partial charge on any atom is 0.359 e. The monoisotopic (exact) mass is 400 g/mol. The molecule has 25 heavy (non-hydrogen) atoms. The van der Waals surface area contributed by atoms with Gasteiger partial charge in [0.05, 0.1) is 11.4 Å².